The van der Waals surface area contributed by atoms with Gasteiger partial charge in [-0.1, -0.05) is 42.5 Å². The van der Waals surface area contributed by atoms with Crippen molar-refractivity contribution in [1.82, 2.24) is 9.78 Å². The number of fused-ring (bicyclic) bond motifs is 3. The van der Waals surface area contributed by atoms with Crippen LogP contribution >= 0.6 is 0 Å². The van der Waals surface area contributed by atoms with Gasteiger partial charge in [-0.25, -0.2) is 4.79 Å². The molecule has 1 aliphatic rings. The summed E-state index contributed by atoms with van der Waals surface area (Å²) in [6.07, 6.45) is 4.72. The van der Waals surface area contributed by atoms with Gasteiger partial charge in [-0.2, -0.15) is 5.10 Å². The minimum absolute atomic E-state index is 0.326. The SMILES string of the molecule is CCOC(=O)c1c(/C=C/c2ccc(OC)cc2)nn2c1-c1ccccc1CC2. The third kappa shape index (κ3) is 3.31. The molecule has 142 valence electrons. The maximum atomic E-state index is 12.8. The molecule has 0 spiro atoms. The van der Waals surface area contributed by atoms with Gasteiger partial charge in [0.05, 0.1) is 19.4 Å². The minimum atomic E-state index is -0.338. The number of carbonyl (C=O) groups excluding carboxylic acids is 1. The van der Waals surface area contributed by atoms with Crippen LogP contribution in [0.3, 0.4) is 0 Å². The van der Waals surface area contributed by atoms with Crippen LogP contribution in [-0.4, -0.2) is 29.5 Å². The van der Waals surface area contributed by atoms with E-state index in [-0.39, 0.29) is 5.97 Å². The Kier molecular flexibility index (Phi) is 4.98. The van der Waals surface area contributed by atoms with Crippen molar-refractivity contribution in [2.24, 2.45) is 0 Å². The third-order valence-electron chi connectivity index (χ3n) is 4.87. The van der Waals surface area contributed by atoms with E-state index in [1.807, 2.05) is 66.2 Å². The highest BCUT2D eigenvalue weighted by Gasteiger charge is 2.28. The first-order valence-electron chi connectivity index (χ1n) is 9.39. The van der Waals surface area contributed by atoms with Gasteiger partial charge in [-0.15, -0.1) is 0 Å². The molecule has 5 nitrogen and oxygen atoms in total. The van der Waals surface area contributed by atoms with Gasteiger partial charge in [0.25, 0.3) is 0 Å². The molecule has 0 unspecified atom stereocenters. The fraction of sp³-hybridized carbons (Fsp3) is 0.217. The molecule has 0 saturated carbocycles. The average Bonchev–Trinajstić information content (AvgIpc) is 3.12. The van der Waals surface area contributed by atoms with Crippen molar-refractivity contribution in [3.63, 3.8) is 0 Å². The maximum Gasteiger partial charge on any atom is 0.342 e. The first-order chi connectivity index (χ1) is 13.7. The standard InChI is InChI=1S/C23H22N2O3/c1-3-28-23(26)21-20(13-10-16-8-11-18(27-2)12-9-16)24-25-15-14-17-6-4-5-7-19(17)22(21)25/h4-13H,3,14-15H2,1-2H3/b13-10+. The molecule has 2 aromatic carbocycles. The highest BCUT2D eigenvalue weighted by atomic mass is 16.5. The quantitative estimate of drug-likeness (QED) is 0.619. The molecule has 28 heavy (non-hydrogen) atoms. The van der Waals surface area contributed by atoms with Gasteiger partial charge < -0.3 is 9.47 Å². The Morgan fingerprint density at radius 2 is 1.93 bits per heavy atom. The summed E-state index contributed by atoms with van der Waals surface area (Å²) in [4.78, 5) is 12.8. The van der Waals surface area contributed by atoms with Crippen molar-refractivity contribution < 1.29 is 14.3 Å². The van der Waals surface area contributed by atoms with E-state index in [9.17, 15) is 4.79 Å². The summed E-state index contributed by atoms with van der Waals surface area (Å²) >= 11 is 0. The number of benzene rings is 2. The molecule has 3 aromatic rings. The number of aryl methyl sites for hydroxylation is 2. The van der Waals surface area contributed by atoms with Crippen LogP contribution in [0.4, 0.5) is 0 Å². The van der Waals surface area contributed by atoms with Crippen LogP contribution in [0.15, 0.2) is 48.5 Å². The minimum Gasteiger partial charge on any atom is -0.497 e. The van der Waals surface area contributed by atoms with Gasteiger partial charge in [0.1, 0.15) is 17.0 Å². The Morgan fingerprint density at radius 3 is 2.68 bits per heavy atom. The predicted octanol–water partition coefficient (Wildman–Crippen LogP) is 4.46. The van der Waals surface area contributed by atoms with E-state index >= 15 is 0 Å². The number of rotatable bonds is 5. The summed E-state index contributed by atoms with van der Waals surface area (Å²) in [5, 5.41) is 4.71. The van der Waals surface area contributed by atoms with Gasteiger partial charge >= 0.3 is 5.97 Å². The van der Waals surface area contributed by atoms with Gasteiger partial charge in [-0.05, 0) is 42.7 Å². The van der Waals surface area contributed by atoms with Crippen molar-refractivity contribution in [3.8, 4) is 17.0 Å². The number of nitrogens with zero attached hydrogens (tertiary/aromatic N) is 2. The monoisotopic (exact) mass is 374 g/mol. The second kappa shape index (κ2) is 7.72. The first-order valence-corrected chi connectivity index (χ1v) is 9.39. The molecular formula is C23H22N2O3. The molecule has 1 aliphatic heterocycles. The summed E-state index contributed by atoms with van der Waals surface area (Å²) in [5.41, 5.74) is 5.27. The second-order valence-electron chi connectivity index (χ2n) is 6.57. The van der Waals surface area contributed by atoms with Crippen molar-refractivity contribution >= 4 is 18.1 Å². The maximum absolute atomic E-state index is 12.8. The summed E-state index contributed by atoms with van der Waals surface area (Å²) in [6.45, 7) is 2.89. The summed E-state index contributed by atoms with van der Waals surface area (Å²) in [7, 11) is 1.64. The number of hydrogen-bond acceptors (Lipinski definition) is 4. The van der Waals surface area contributed by atoms with E-state index in [0.29, 0.717) is 17.9 Å². The fourth-order valence-corrected chi connectivity index (χ4v) is 3.52. The molecule has 4 rings (SSSR count). The third-order valence-corrected chi connectivity index (χ3v) is 4.87. The van der Waals surface area contributed by atoms with E-state index in [4.69, 9.17) is 14.6 Å². The van der Waals surface area contributed by atoms with Crippen LogP contribution in [0.25, 0.3) is 23.4 Å². The molecular weight excluding hydrogens is 352 g/mol. The van der Waals surface area contributed by atoms with E-state index in [1.54, 1.807) is 7.11 Å². The number of carbonyl (C=O) groups is 1. The van der Waals surface area contributed by atoms with Crippen molar-refractivity contribution in [1.29, 1.82) is 0 Å². The van der Waals surface area contributed by atoms with Crippen LogP contribution in [0, 0.1) is 0 Å². The second-order valence-corrected chi connectivity index (χ2v) is 6.57. The number of ether oxygens (including phenoxy) is 2. The molecule has 0 atom stereocenters. The van der Waals surface area contributed by atoms with Gasteiger partial charge in [-0.3, -0.25) is 4.68 Å². The smallest absolute Gasteiger partial charge is 0.342 e. The molecule has 5 heteroatoms. The average molecular weight is 374 g/mol. The lowest BCUT2D eigenvalue weighted by Crippen LogP contribution is -2.14. The van der Waals surface area contributed by atoms with Crippen LogP contribution in [0.5, 0.6) is 5.75 Å². The number of methoxy groups -OCH3 is 1. The molecule has 1 aromatic heterocycles. The highest BCUT2D eigenvalue weighted by molar-refractivity contribution is 6.01. The zero-order chi connectivity index (χ0) is 19.5. The highest BCUT2D eigenvalue weighted by Crippen LogP contribution is 2.34. The molecule has 0 saturated heterocycles. The van der Waals surface area contributed by atoms with Crippen LogP contribution in [-0.2, 0) is 17.7 Å². The van der Waals surface area contributed by atoms with Crippen LogP contribution in [0.2, 0.25) is 0 Å². The fourth-order valence-electron chi connectivity index (χ4n) is 3.52. The lowest BCUT2D eigenvalue weighted by Gasteiger charge is -2.18. The summed E-state index contributed by atoms with van der Waals surface area (Å²) in [6, 6.07) is 15.9. The topological polar surface area (TPSA) is 53.4 Å². The Morgan fingerprint density at radius 1 is 1.14 bits per heavy atom. The molecule has 0 fully saturated rings. The van der Waals surface area contributed by atoms with Crippen LogP contribution < -0.4 is 4.74 Å². The van der Waals surface area contributed by atoms with Gasteiger partial charge in [0, 0.05) is 12.1 Å². The van der Waals surface area contributed by atoms with Crippen molar-refractivity contribution in [2.45, 2.75) is 19.9 Å². The summed E-state index contributed by atoms with van der Waals surface area (Å²) in [5.74, 6) is 0.466. The molecule has 0 N–H and O–H groups in total. The Labute approximate surface area is 164 Å². The Bertz CT molecular complexity index is 1030. The normalized spacial score (nSPS) is 12.5. The number of hydrogen-bond donors (Lipinski definition) is 0. The van der Waals surface area contributed by atoms with Gasteiger partial charge in [0.2, 0.25) is 0 Å². The summed E-state index contributed by atoms with van der Waals surface area (Å²) < 4.78 is 12.5. The van der Waals surface area contributed by atoms with E-state index in [2.05, 4.69) is 6.07 Å². The molecule has 0 aliphatic carbocycles. The van der Waals surface area contributed by atoms with Gasteiger partial charge in [0.15, 0.2) is 0 Å². The molecule has 0 radical (unpaired) electrons. The Hall–Kier alpha value is -3.34. The number of aromatic nitrogens is 2. The predicted molar refractivity (Wildman–Crippen MR) is 109 cm³/mol. The van der Waals surface area contributed by atoms with E-state index < -0.39 is 0 Å². The van der Waals surface area contributed by atoms with Crippen molar-refractivity contribution in [3.05, 3.63) is 70.9 Å². The zero-order valence-corrected chi connectivity index (χ0v) is 16.0. The van der Waals surface area contributed by atoms with E-state index in [1.165, 1.54) is 5.56 Å². The van der Waals surface area contributed by atoms with Crippen molar-refractivity contribution in [2.75, 3.05) is 13.7 Å². The zero-order valence-electron chi connectivity index (χ0n) is 16.0. The number of esters is 1. The molecule has 2 heterocycles. The Balaban J connectivity index is 1.78. The molecule has 0 bridgehead atoms. The molecule has 0 amide bonds. The lowest BCUT2D eigenvalue weighted by molar-refractivity contribution is 0.0527. The van der Waals surface area contributed by atoms with E-state index in [0.717, 1.165) is 35.5 Å². The van der Waals surface area contributed by atoms with Crippen LogP contribution in [0.1, 0.15) is 34.1 Å². The lowest BCUT2D eigenvalue weighted by atomic mass is 9.95. The largest absolute Gasteiger partial charge is 0.497 e. The first kappa shape index (κ1) is 18.0.